The lowest BCUT2D eigenvalue weighted by atomic mass is 10.2. The van der Waals surface area contributed by atoms with E-state index < -0.39 is 40.0 Å². The largest absolute Gasteiger partial charge is 0.490 e. The molecule has 4 rings (SSSR count). The van der Waals surface area contributed by atoms with Gasteiger partial charge in [-0.2, -0.15) is 17.9 Å². The molecule has 3 N–H and O–H groups in total. The van der Waals surface area contributed by atoms with Crippen LogP contribution in [-0.4, -0.2) is 106 Å². The molecule has 242 valence electrons. The number of piperazine rings is 1. The Balaban J connectivity index is 0.000000676. The lowest BCUT2D eigenvalue weighted by Gasteiger charge is -2.34. The minimum absolute atomic E-state index is 0.103. The number of nitrogens with one attached hydrogen (secondary N) is 2. The van der Waals surface area contributed by atoms with E-state index >= 15 is 0 Å². The fourth-order valence-electron chi connectivity index (χ4n) is 4.21. The summed E-state index contributed by atoms with van der Waals surface area (Å²) in [7, 11) is -2.37. The molecule has 2 fully saturated rings. The second kappa shape index (κ2) is 14.9. The number of amides is 3. The van der Waals surface area contributed by atoms with Crippen LogP contribution in [0.15, 0.2) is 35.2 Å². The maximum Gasteiger partial charge on any atom is 0.490 e. The Morgan fingerprint density at radius 3 is 2.23 bits per heavy atom. The van der Waals surface area contributed by atoms with E-state index in [0.717, 1.165) is 11.3 Å². The first-order chi connectivity index (χ1) is 20.5. The van der Waals surface area contributed by atoms with Gasteiger partial charge in [-0.15, -0.1) is 11.3 Å². The summed E-state index contributed by atoms with van der Waals surface area (Å²) in [6.07, 6.45) is -4.07. The van der Waals surface area contributed by atoms with E-state index in [2.05, 4.69) is 14.9 Å². The molecule has 0 aliphatic carbocycles. The third-order valence-electron chi connectivity index (χ3n) is 6.51. The van der Waals surface area contributed by atoms with E-state index in [1.807, 2.05) is 7.05 Å². The van der Waals surface area contributed by atoms with Gasteiger partial charge in [0.2, 0.25) is 21.8 Å². The molecule has 1 atom stereocenters. The van der Waals surface area contributed by atoms with Crippen molar-refractivity contribution in [1.29, 1.82) is 0 Å². The van der Waals surface area contributed by atoms with Crippen LogP contribution in [0.4, 0.5) is 18.9 Å². The number of nitrogens with zero attached hydrogens (tertiary/aromatic N) is 3. The molecule has 2 aliphatic heterocycles. The number of hydrogen-bond donors (Lipinski definition) is 3. The summed E-state index contributed by atoms with van der Waals surface area (Å²) in [5.41, 5.74) is 0.303. The van der Waals surface area contributed by atoms with Crippen molar-refractivity contribution < 1.29 is 45.9 Å². The monoisotopic (exact) mass is 701 g/mol. The molecule has 0 unspecified atom stereocenters. The van der Waals surface area contributed by atoms with Gasteiger partial charge in [-0.05, 0) is 37.7 Å². The average Bonchev–Trinajstić information content (AvgIpc) is 3.58. The van der Waals surface area contributed by atoms with Crippen LogP contribution in [-0.2, 0) is 24.4 Å². The molecule has 0 saturated carbocycles. The van der Waals surface area contributed by atoms with E-state index in [9.17, 15) is 36.0 Å². The molecule has 44 heavy (non-hydrogen) atoms. The standard InChI is InChI=1S/C23H27Cl2N5O5S2.C2HF3O2/c1-28-10-12-29(13-11-28)23(33)15(14-26-22(32)17-7-8-19(24)36-17)27-37(34,35)18-5-2-4-16(21(18)25)30-9-3-6-20(30)31;3-2(4,5)1(6)7/h2,4-5,7-8,15,27H,3,6,9-14H2,1H3,(H,26,32);(H,6,7)/t15-;/m0./s1. The lowest BCUT2D eigenvalue weighted by Crippen LogP contribution is -2.57. The Labute approximate surface area is 264 Å². The van der Waals surface area contributed by atoms with Gasteiger partial charge in [0.25, 0.3) is 5.91 Å². The molecule has 12 nitrogen and oxygen atoms in total. The first kappa shape index (κ1) is 35.5. The van der Waals surface area contributed by atoms with Gasteiger partial charge in [0.1, 0.15) is 10.9 Å². The first-order valence-electron chi connectivity index (χ1n) is 12.9. The van der Waals surface area contributed by atoms with Gasteiger partial charge in [-0.1, -0.05) is 29.3 Å². The third kappa shape index (κ3) is 9.28. The van der Waals surface area contributed by atoms with Crippen LogP contribution in [0.5, 0.6) is 0 Å². The molecule has 1 aromatic carbocycles. The van der Waals surface area contributed by atoms with Gasteiger partial charge in [0, 0.05) is 45.7 Å². The summed E-state index contributed by atoms with van der Waals surface area (Å²) >= 11 is 13.5. The number of alkyl halides is 3. The van der Waals surface area contributed by atoms with Crippen LogP contribution in [0.1, 0.15) is 22.5 Å². The summed E-state index contributed by atoms with van der Waals surface area (Å²) in [4.78, 5) is 52.3. The number of carboxylic acids is 1. The zero-order valence-electron chi connectivity index (χ0n) is 23.1. The van der Waals surface area contributed by atoms with Crippen molar-refractivity contribution in [2.75, 3.05) is 51.2 Å². The van der Waals surface area contributed by atoms with Gasteiger partial charge < -0.3 is 25.1 Å². The Morgan fingerprint density at radius 1 is 1.07 bits per heavy atom. The zero-order valence-corrected chi connectivity index (χ0v) is 26.2. The number of carbonyl (C=O) groups excluding carboxylic acids is 3. The highest BCUT2D eigenvalue weighted by molar-refractivity contribution is 7.89. The van der Waals surface area contributed by atoms with Gasteiger partial charge in [-0.25, -0.2) is 13.2 Å². The van der Waals surface area contributed by atoms with E-state index in [4.69, 9.17) is 33.1 Å². The topological polar surface area (TPSA) is 156 Å². The van der Waals surface area contributed by atoms with Crippen molar-refractivity contribution in [3.63, 3.8) is 0 Å². The Kier molecular flexibility index (Phi) is 12.0. The molecule has 19 heteroatoms. The Hall–Kier alpha value is -2.96. The van der Waals surface area contributed by atoms with E-state index in [1.54, 1.807) is 23.1 Å². The van der Waals surface area contributed by atoms with Crippen molar-refractivity contribution >= 4 is 73.9 Å². The molecule has 2 aromatic rings. The molecular weight excluding hydrogens is 674 g/mol. The van der Waals surface area contributed by atoms with Gasteiger partial charge >= 0.3 is 12.1 Å². The average molecular weight is 703 g/mol. The zero-order chi connectivity index (χ0) is 32.8. The molecule has 3 amide bonds. The smallest absolute Gasteiger partial charge is 0.475 e. The normalized spacial score (nSPS) is 16.7. The van der Waals surface area contributed by atoms with Gasteiger partial charge in [0.05, 0.1) is 19.9 Å². The fourth-order valence-corrected chi connectivity index (χ4v) is 6.99. The second-order valence-corrected chi connectivity index (χ2v) is 13.4. The van der Waals surface area contributed by atoms with Crippen LogP contribution < -0.4 is 14.9 Å². The van der Waals surface area contributed by atoms with Crippen LogP contribution in [0.3, 0.4) is 0 Å². The fraction of sp³-hybridized carbons (Fsp3) is 0.440. The van der Waals surface area contributed by atoms with E-state index in [1.165, 1.54) is 17.0 Å². The molecule has 0 radical (unpaired) electrons. The molecular formula is C25H28Cl2F3N5O7S2. The van der Waals surface area contributed by atoms with Gasteiger partial charge in [-0.3, -0.25) is 14.4 Å². The number of hydrogen-bond acceptors (Lipinski definition) is 8. The number of benzene rings is 1. The predicted octanol–water partition coefficient (Wildman–Crippen LogP) is 2.67. The summed E-state index contributed by atoms with van der Waals surface area (Å²) in [5.74, 6) is -3.82. The second-order valence-electron chi connectivity index (χ2n) is 9.66. The first-order valence-corrected chi connectivity index (χ1v) is 16.0. The predicted molar refractivity (Wildman–Crippen MR) is 157 cm³/mol. The van der Waals surface area contributed by atoms with Crippen molar-refractivity contribution in [3.05, 3.63) is 44.6 Å². The minimum Gasteiger partial charge on any atom is -0.475 e. The van der Waals surface area contributed by atoms with Crippen molar-refractivity contribution in [1.82, 2.24) is 19.8 Å². The maximum atomic E-state index is 13.5. The molecule has 1 aromatic heterocycles. The molecule has 0 bridgehead atoms. The summed E-state index contributed by atoms with van der Waals surface area (Å²) in [6.45, 7) is 2.30. The van der Waals surface area contributed by atoms with Crippen molar-refractivity contribution in [2.24, 2.45) is 0 Å². The van der Waals surface area contributed by atoms with Gasteiger partial charge in [0.15, 0.2) is 0 Å². The highest BCUT2D eigenvalue weighted by Gasteiger charge is 2.38. The molecule has 0 spiro atoms. The van der Waals surface area contributed by atoms with E-state index in [0.29, 0.717) is 60.5 Å². The highest BCUT2D eigenvalue weighted by Crippen LogP contribution is 2.34. The number of carboxylic acid groups (broad SMARTS) is 1. The van der Waals surface area contributed by atoms with Crippen LogP contribution >= 0.6 is 34.5 Å². The number of anilines is 1. The number of sulfonamides is 1. The quantitative estimate of drug-likeness (QED) is 0.379. The highest BCUT2D eigenvalue weighted by atomic mass is 35.5. The SMILES string of the molecule is CN1CCN(C(=O)[C@H](CNC(=O)c2ccc(Cl)s2)NS(=O)(=O)c2cccc(N3CCCC3=O)c2Cl)CC1.O=C(O)C(F)(F)F. The van der Waals surface area contributed by atoms with E-state index in [-0.39, 0.29) is 22.4 Å². The summed E-state index contributed by atoms with van der Waals surface area (Å²) < 4.78 is 61.5. The molecule has 2 saturated heterocycles. The summed E-state index contributed by atoms with van der Waals surface area (Å²) in [5, 5.41) is 9.66. The van der Waals surface area contributed by atoms with Crippen LogP contribution in [0.2, 0.25) is 9.36 Å². The number of rotatable bonds is 8. The van der Waals surface area contributed by atoms with Crippen LogP contribution in [0.25, 0.3) is 0 Å². The van der Waals surface area contributed by atoms with Crippen molar-refractivity contribution in [2.45, 2.75) is 30.0 Å². The number of thiophene rings is 1. The Morgan fingerprint density at radius 2 is 1.70 bits per heavy atom. The minimum atomic E-state index is -5.08. The molecule has 2 aliphatic rings. The summed E-state index contributed by atoms with van der Waals surface area (Å²) in [6, 6.07) is 6.26. The molecule has 3 heterocycles. The number of likely N-dealkylation sites (N-methyl/N-ethyl adjacent to an activating group) is 1. The van der Waals surface area contributed by atoms with Crippen LogP contribution in [0, 0.1) is 0 Å². The number of aliphatic carboxylic acids is 1. The number of carbonyl (C=O) groups is 4. The van der Waals surface area contributed by atoms with Crippen molar-refractivity contribution in [3.8, 4) is 0 Å². The Bertz CT molecular complexity index is 1500. The lowest BCUT2D eigenvalue weighted by molar-refractivity contribution is -0.192. The number of halogens is 5. The third-order valence-corrected chi connectivity index (χ3v) is 9.77. The maximum absolute atomic E-state index is 13.5.